The van der Waals surface area contributed by atoms with Crippen molar-refractivity contribution in [2.45, 2.75) is 64.0 Å². The average molecular weight is 653 g/mol. The molecule has 14 heteroatoms. The molecule has 2 aromatic carbocycles. The van der Waals surface area contributed by atoms with Gasteiger partial charge < -0.3 is 19.9 Å². The van der Waals surface area contributed by atoms with Crippen LogP contribution in [0.4, 0.5) is 10.5 Å². The molecule has 3 aliphatic rings. The summed E-state index contributed by atoms with van der Waals surface area (Å²) in [6.07, 6.45) is 4.01. The summed E-state index contributed by atoms with van der Waals surface area (Å²) in [6, 6.07) is 10.9. The third-order valence-electron chi connectivity index (χ3n) is 8.90. The van der Waals surface area contributed by atoms with Gasteiger partial charge >= 0.3 is 6.03 Å². The molecular formula is C32H40N6O7S. The Morgan fingerprint density at radius 1 is 1.20 bits per heavy atom. The summed E-state index contributed by atoms with van der Waals surface area (Å²) in [4.78, 5) is 34.1. The van der Waals surface area contributed by atoms with Crippen LogP contribution < -0.4 is 20.3 Å². The lowest BCUT2D eigenvalue weighted by molar-refractivity contribution is 0.0953. The minimum absolute atomic E-state index is 0.110. The van der Waals surface area contributed by atoms with Crippen LogP contribution in [-0.4, -0.2) is 84.0 Å². The van der Waals surface area contributed by atoms with E-state index in [4.69, 9.17) is 13.8 Å². The van der Waals surface area contributed by atoms with Crippen LogP contribution >= 0.6 is 0 Å². The van der Waals surface area contributed by atoms with Crippen molar-refractivity contribution in [3.63, 3.8) is 0 Å². The summed E-state index contributed by atoms with van der Waals surface area (Å²) in [6.45, 7) is 7.38. The number of ether oxygens (including phenoxy) is 1. The summed E-state index contributed by atoms with van der Waals surface area (Å²) < 4.78 is 42.2. The number of aryl methyl sites for hydroxylation is 1. The number of carbonyl (C=O) groups excluding carboxylic acids is 2. The van der Waals surface area contributed by atoms with Crippen LogP contribution in [0.25, 0.3) is 11.5 Å². The lowest BCUT2D eigenvalue weighted by Gasteiger charge is -2.39. The number of rotatable bonds is 12. The molecule has 46 heavy (non-hydrogen) atoms. The molecule has 2 aliphatic heterocycles. The van der Waals surface area contributed by atoms with Crippen molar-refractivity contribution < 1.29 is 31.8 Å². The fourth-order valence-corrected chi connectivity index (χ4v) is 6.82. The van der Waals surface area contributed by atoms with E-state index in [-0.39, 0.29) is 30.4 Å². The first-order chi connectivity index (χ1) is 22.0. The van der Waals surface area contributed by atoms with Gasteiger partial charge in [-0.15, -0.1) is 0 Å². The molecule has 0 radical (unpaired) electrons. The number of hydrogen-bond donors (Lipinski definition) is 3. The fourth-order valence-electron chi connectivity index (χ4n) is 6.31. The molecule has 1 aromatic heterocycles. The Morgan fingerprint density at radius 3 is 2.57 bits per heavy atom. The summed E-state index contributed by atoms with van der Waals surface area (Å²) in [5, 5.41) is 9.88. The number of aromatic nitrogens is 2. The molecule has 0 atom stereocenters. The van der Waals surface area contributed by atoms with Crippen molar-refractivity contribution >= 4 is 27.7 Å². The third kappa shape index (κ3) is 7.34. The van der Waals surface area contributed by atoms with Crippen molar-refractivity contribution in [3.05, 3.63) is 58.9 Å². The molecule has 3 amide bonds. The Morgan fingerprint density at radius 2 is 1.93 bits per heavy atom. The van der Waals surface area contributed by atoms with Gasteiger partial charge in [-0.1, -0.05) is 5.16 Å². The second kappa shape index (κ2) is 13.0. The molecular weight excluding hydrogens is 612 g/mol. The van der Waals surface area contributed by atoms with E-state index in [0.29, 0.717) is 42.0 Å². The van der Waals surface area contributed by atoms with Crippen LogP contribution in [0, 0.1) is 6.92 Å². The minimum atomic E-state index is -4.06. The minimum Gasteiger partial charge on any atom is -0.494 e. The van der Waals surface area contributed by atoms with E-state index < -0.39 is 15.9 Å². The number of piperidine rings is 1. The highest BCUT2D eigenvalue weighted by atomic mass is 32.2. The highest BCUT2D eigenvalue weighted by molar-refractivity contribution is 7.85. The predicted molar refractivity (Wildman–Crippen MR) is 171 cm³/mol. The van der Waals surface area contributed by atoms with Gasteiger partial charge in [-0.05, 0) is 93.8 Å². The number of urea groups is 1. The van der Waals surface area contributed by atoms with E-state index in [9.17, 15) is 18.0 Å². The predicted octanol–water partition coefficient (Wildman–Crippen LogP) is 3.89. The normalized spacial score (nSPS) is 18.2. The van der Waals surface area contributed by atoms with Gasteiger partial charge in [0.05, 0.1) is 24.4 Å². The zero-order valence-electron chi connectivity index (χ0n) is 26.1. The molecule has 13 nitrogen and oxygen atoms in total. The molecule has 246 valence electrons. The summed E-state index contributed by atoms with van der Waals surface area (Å²) in [5.74, 6) is 1.68. The van der Waals surface area contributed by atoms with Crippen LogP contribution in [0.3, 0.4) is 0 Å². The second-order valence-corrected chi connectivity index (χ2v) is 14.0. The number of nitrogens with one attached hydrogen (secondary N) is 2. The Labute approximate surface area is 268 Å². The van der Waals surface area contributed by atoms with Gasteiger partial charge in [0.2, 0.25) is 0 Å². The van der Waals surface area contributed by atoms with Gasteiger partial charge in [-0.25, -0.2) is 4.79 Å². The monoisotopic (exact) mass is 652 g/mol. The van der Waals surface area contributed by atoms with Crippen LogP contribution in [0.15, 0.2) is 40.9 Å². The largest absolute Gasteiger partial charge is 0.494 e. The number of nitrogens with zero attached hydrogens (tertiary/aromatic N) is 4. The van der Waals surface area contributed by atoms with E-state index in [2.05, 4.69) is 37.8 Å². The van der Waals surface area contributed by atoms with Crippen molar-refractivity contribution in [2.24, 2.45) is 0 Å². The average Bonchev–Trinajstić information content (AvgIpc) is 3.70. The molecule has 3 heterocycles. The third-order valence-corrected chi connectivity index (χ3v) is 9.70. The van der Waals surface area contributed by atoms with E-state index in [1.54, 1.807) is 29.2 Å². The zero-order chi connectivity index (χ0) is 32.5. The van der Waals surface area contributed by atoms with Crippen LogP contribution in [0.5, 0.6) is 5.75 Å². The number of benzene rings is 2. The van der Waals surface area contributed by atoms with Crippen LogP contribution in [-0.2, 0) is 16.7 Å². The lowest BCUT2D eigenvalue weighted by atomic mass is 9.88. The first-order valence-corrected chi connectivity index (χ1v) is 17.4. The maximum atomic E-state index is 13.1. The van der Waals surface area contributed by atoms with Gasteiger partial charge in [-0.3, -0.25) is 19.1 Å². The molecule has 0 bridgehead atoms. The quantitative estimate of drug-likeness (QED) is 0.193. The van der Waals surface area contributed by atoms with Crippen molar-refractivity contribution in [2.75, 3.05) is 43.4 Å². The Kier molecular flexibility index (Phi) is 9.03. The molecule has 2 saturated heterocycles. The fraction of sp³-hybridized carbons (Fsp3) is 0.500. The maximum Gasteiger partial charge on any atom is 0.322 e. The topological polar surface area (TPSA) is 167 Å². The van der Waals surface area contributed by atoms with Crippen LogP contribution in [0.2, 0.25) is 0 Å². The van der Waals surface area contributed by atoms with Gasteiger partial charge in [0.15, 0.2) is 5.82 Å². The molecule has 3 N–H and O–H groups in total. The van der Waals surface area contributed by atoms with E-state index in [0.717, 1.165) is 62.2 Å². The van der Waals surface area contributed by atoms with Crippen molar-refractivity contribution in [1.82, 2.24) is 25.7 Å². The summed E-state index contributed by atoms with van der Waals surface area (Å²) in [5.41, 5.74) is 4.08. The summed E-state index contributed by atoms with van der Waals surface area (Å²) in [7, 11) is -4.06. The van der Waals surface area contributed by atoms with Crippen molar-refractivity contribution in [3.8, 4) is 17.2 Å². The summed E-state index contributed by atoms with van der Waals surface area (Å²) >= 11 is 0. The van der Waals surface area contributed by atoms with Crippen LogP contribution in [0.1, 0.15) is 72.3 Å². The van der Waals surface area contributed by atoms with Gasteiger partial charge in [0, 0.05) is 48.6 Å². The number of likely N-dealkylation sites (tertiary alicyclic amines) is 1. The number of amides is 3. The molecule has 6 rings (SSSR count). The molecule has 3 aromatic rings. The SMILES string of the molecule is CCOc1cc(-c2nc(C)no2)c(C2CC2)cc1CN1CCC2(CC1)CN(c1ccc(C(=O)NCCCS(=O)(=O)O)cc1)C(=O)N2. The first-order valence-electron chi connectivity index (χ1n) is 15.8. The number of anilines is 1. The van der Waals surface area contributed by atoms with E-state index >= 15 is 0 Å². The Bertz CT molecular complexity index is 1700. The lowest BCUT2D eigenvalue weighted by Crippen LogP contribution is -2.52. The smallest absolute Gasteiger partial charge is 0.322 e. The molecule has 1 aliphatic carbocycles. The molecule has 0 unspecified atom stereocenters. The van der Waals surface area contributed by atoms with E-state index in [1.165, 1.54) is 5.56 Å². The maximum absolute atomic E-state index is 13.1. The van der Waals surface area contributed by atoms with Gasteiger partial charge in [0.1, 0.15) is 5.75 Å². The van der Waals surface area contributed by atoms with Crippen molar-refractivity contribution in [1.29, 1.82) is 0 Å². The molecule has 1 spiro atoms. The van der Waals surface area contributed by atoms with Gasteiger partial charge in [0.25, 0.3) is 21.9 Å². The molecule has 3 fully saturated rings. The zero-order valence-corrected chi connectivity index (χ0v) is 26.9. The van der Waals surface area contributed by atoms with Gasteiger partial charge in [-0.2, -0.15) is 13.4 Å². The van der Waals surface area contributed by atoms with E-state index in [1.807, 2.05) is 13.8 Å². The first kappa shape index (κ1) is 32.0. The molecule has 1 saturated carbocycles. The number of carbonyl (C=O) groups is 2. The number of hydrogen-bond acceptors (Lipinski definition) is 9. The Hall–Kier alpha value is -4.01. The Balaban J connectivity index is 1.07. The highest BCUT2D eigenvalue weighted by Crippen LogP contribution is 2.46. The second-order valence-electron chi connectivity index (χ2n) is 12.4. The standard InChI is InChI=1S/C32H40N6O7S/c1-3-44-28-18-27(30-34-21(2)36-45-30)26(22-5-6-22)17-24(28)19-37-14-11-32(12-15-37)20-38(31(40)35-32)25-9-7-23(8-10-25)29(39)33-13-4-16-46(41,42)43/h7-10,17-18,22H,3-6,11-16,19-20H2,1-2H3,(H,33,39)(H,35,40)(H,41,42,43). The highest BCUT2D eigenvalue weighted by Gasteiger charge is 2.45.